The smallest absolute Gasteiger partial charge is 0.191 e. The number of pyridine rings is 1. The van der Waals surface area contributed by atoms with Crippen LogP contribution in [0.1, 0.15) is 15.6 Å². The molecule has 5 nitrogen and oxygen atoms in total. The van der Waals surface area contributed by atoms with E-state index in [0.29, 0.717) is 6.54 Å². The van der Waals surface area contributed by atoms with Crippen molar-refractivity contribution in [2.45, 2.75) is 19.9 Å². The van der Waals surface area contributed by atoms with Crippen molar-refractivity contribution in [2.24, 2.45) is 4.99 Å². The van der Waals surface area contributed by atoms with Crippen LogP contribution in [0, 0.1) is 6.92 Å². The van der Waals surface area contributed by atoms with Crippen LogP contribution in [-0.2, 0) is 13.0 Å². The van der Waals surface area contributed by atoms with Crippen LogP contribution in [0.3, 0.4) is 0 Å². The number of aliphatic imine (C=N–C) groups is 1. The summed E-state index contributed by atoms with van der Waals surface area (Å²) in [6.45, 7) is 3.55. The molecule has 0 unspecified atom stereocenters. The van der Waals surface area contributed by atoms with Crippen LogP contribution in [0.15, 0.2) is 35.6 Å². The minimum atomic E-state index is 0.664. The lowest BCUT2D eigenvalue weighted by atomic mass is 10.3. The average molecular weight is 289 g/mol. The summed E-state index contributed by atoms with van der Waals surface area (Å²) in [6, 6.07) is 5.87. The largest absolute Gasteiger partial charge is 0.356 e. The van der Waals surface area contributed by atoms with Crippen molar-refractivity contribution in [1.29, 1.82) is 0 Å². The Balaban J connectivity index is 1.73. The molecule has 2 rings (SSSR count). The Kier molecular flexibility index (Phi) is 5.49. The quantitative estimate of drug-likeness (QED) is 0.650. The first-order valence-electron chi connectivity index (χ1n) is 6.53. The second kappa shape index (κ2) is 7.59. The van der Waals surface area contributed by atoms with E-state index in [1.54, 1.807) is 24.6 Å². The van der Waals surface area contributed by atoms with Crippen molar-refractivity contribution < 1.29 is 0 Å². The Labute approximate surface area is 123 Å². The predicted molar refractivity (Wildman–Crippen MR) is 83.0 cm³/mol. The van der Waals surface area contributed by atoms with Crippen molar-refractivity contribution in [3.05, 3.63) is 46.2 Å². The third kappa shape index (κ3) is 4.62. The minimum Gasteiger partial charge on any atom is -0.356 e. The van der Waals surface area contributed by atoms with E-state index in [9.17, 15) is 0 Å². The highest BCUT2D eigenvalue weighted by Crippen LogP contribution is 2.10. The Hall–Kier alpha value is -1.95. The van der Waals surface area contributed by atoms with E-state index in [2.05, 4.69) is 32.5 Å². The van der Waals surface area contributed by atoms with Gasteiger partial charge in [-0.2, -0.15) is 0 Å². The number of hydrogen-bond donors (Lipinski definition) is 2. The van der Waals surface area contributed by atoms with Crippen LogP contribution < -0.4 is 10.6 Å². The monoisotopic (exact) mass is 289 g/mol. The summed E-state index contributed by atoms with van der Waals surface area (Å²) in [5, 5.41) is 7.66. The van der Waals surface area contributed by atoms with Crippen molar-refractivity contribution in [1.82, 2.24) is 20.6 Å². The highest BCUT2D eigenvalue weighted by Gasteiger charge is 2.01. The SMILES string of the molecule is CN=C(NCCc1ncc(C)s1)NCc1ccccn1. The van der Waals surface area contributed by atoms with E-state index in [0.717, 1.165) is 29.6 Å². The highest BCUT2D eigenvalue weighted by atomic mass is 32.1. The molecule has 0 aliphatic carbocycles. The first-order chi connectivity index (χ1) is 9.78. The molecule has 2 aromatic rings. The number of rotatable bonds is 5. The Morgan fingerprint density at radius 3 is 2.85 bits per heavy atom. The molecule has 0 spiro atoms. The number of nitrogens with one attached hydrogen (secondary N) is 2. The van der Waals surface area contributed by atoms with Gasteiger partial charge >= 0.3 is 0 Å². The third-order valence-electron chi connectivity index (χ3n) is 2.69. The fourth-order valence-electron chi connectivity index (χ4n) is 1.70. The van der Waals surface area contributed by atoms with Gasteiger partial charge in [0.15, 0.2) is 5.96 Å². The van der Waals surface area contributed by atoms with Crippen molar-refractivity contribution in [3.8, 4) is 0 Å². The molecule has 0 aromatic carbocycles. The Morgan fingerprint density at radius 2 is 2.20 bits per heavy atom. The zero-order chi connectivity index (χ0) is 14.2. The van der Waals surface area contributed by atoms with Gasteiger partial charge in [-0.05, 0) is 19.1 Å². The molecular weight excluding hydrogens is 270 g/mol. The lowest BCUT2D eigenvalue weighted by Crippen LogP contribution is -2.38. The molecule has 6 heteroatoms. The standard InChI is InChI=1S/C14H19N5S/c1-11-9-18-13(20-11)6-8-17-14(15-2)19-10-12-5-3-4-7-16-12/h3-5,7,9H,6,8,10H2,1-2H3,(H2,15,17,19). The minimum absolute atomic E-state index is 0.664. The van der Waals surface area contributed by atoms with E-state index in [1.165, 1.54) is 4.88 Å². The summed E-state index contributed by atoms with van der Waals surface area (Å²) in [7, 11) is 1.77. The van der Waals surface area contributed by atoms with Crippen molar-refractivity contribution in [3.63, 3.8) is 0 Å². The van der Waals surface area contributed by atoms with Gasteiger partial charge in [0.1, 0.15) is 0 Å². The molecule has 2 aromatic heterocycles. The number of guanidine groups is 1. The van der Waals surface area contributed by atoms with E-state index >= 15 is 0 Å². The lowest BCUT2D eigenvalue weighted by molar-refractivity contribution is 0.781. The summed E-state index contributed by atoms with van der Waals surface area (Å²) in [4.78, 5) is 14.0. The first kappa shape index (κ1) is 14.5. The number of aromatic nitrogens is 2. The fourth-order valence-corrected chi connectivity index (χ4v) is 2.49. The van der Waals surface area contributed by atoms with Crippen LogP contribution in [0.5, 0.6) is 0 Å². The first-order valence-corrected chi connectivity index (χ1v) is 7.35. The summed E-state index contributed by atoms with van der Waals surface area (Å²) in [5.74, 6) is 0.781. The maximum atomic E-state index is 4.34. The zero-order valence-electron chi connectivity index (χ0n) is 11.8. The molecule has 0 bridgehead atoms. The maximum Gasteiger partial charge on any atom is 0.191 e. The molecule has 106 valence electrons. The normalized spacial score (nSPS) is 11.4. The molecule has 0 aliphatic heterocycles. The molecule has 0 saturated carbocycles. The molecule has 0 atom stereocenters. The third-order valence-corrected chi connectivity index (χ3v) is 3.66. The van der Waals surface area contributed by atoms with Gasteiger partial charge in [0.2, 0.25) is 0 Å². The van der Waals surface area contributed by atoms with Crippen molar-refractivity contribution >= 4 is 17.3 Å². The van der Waals surface area contributed by atoms with Crippen LogP contribution in [0.25, 0.3) is 0 Å². The van der Waals surface area contributed by atoms with Gasteiger partial charge in [-0.25, -0.2) is 4.98 Å². The molecule has 0 radical (unpaired) electrons. The van der Waals surface area contributed by atoms with E-state index < -0.39 is 0 Å². The number of hydrogen-bond acceptors (Lipinski definition) is 4. The van der Waals surface area contributed by atoms with Gasteiger partial charge in [-0.3, -0.25) is 9.98 Å². The van der Waals surface area contributed by atoms with Gasteiger partial charge in [0, 0.05) is 37.3 Å². The van der Waals surface area contributed by atoms with Gasteiger partial charge in [0.25, 0.3) is 0 Å². The number of thiazole rings is 1. The number of nitrogens with zero attached hydrogens (tertiary/aromatic N) is 3. The van der Waals surface area contributed by atoms with Crippen LogP contribution in [0.4, 0.5) is 0 Å². The molecule has 20 heavy (non-hydrogen) atoms. The van der Waals surface area contributed by atoms with E-state index in [1.807, 2.05) is 24.4 Å². The molecule has 2 N–H and O–H groups in total. The highest BCUT2D eigenvalue weighted by molar-refractivity contribution is 7.11. The Bertz CT molecular complexity index is 550. The molecule has 0 saturated heterocycles. The van der Waals surface area contributed by atoms with Crippen LogP contribution in [-0.4, -0.2) is 29.5 Å². The van der Waals surface area contributed by atoms with Gasteiger partial charge in [-0.15, -0.1) is 11.3 Å². The van der Waals surface area contributed by atoms with Gasteiger partial charge in [-0.1, -0.05) is 6.07 Å². The topological polar surface area (TPSA) is 62.2 Å². The molecule has 0 fully saturated rings. The second-order valence-electron chi connectivity index (χ2n) is 4.29. The zero-order valence-corrected chi connectivity index (χ0v) is 12.6. The van der Waals surface area contributed by atoms with Gasteiger partial charge in [0.05, 0.1) is 17.2 Å². The summed E-state index contributed by atoms with van der Waals surface area (Å²) < 4.78 is 0. The fraction of sp³-hybridized carbons (Fsp3) is 0.357. The van der Waals surface area contributed by atoms with E-state index in [-0.39, 0.29) is 0 Å². The summed E-state index contributed by atoms with van der Waals surface area (Å²) in [5.41, 5.74) is 0.992. The predicted octanol–water partition coefficient (Wildman–Crippen LogP) is 1.75. The van der Waals surface area contributed by atoms with Crippen LogP contribution >= 0.6 is 11.3 Å². The lowest BCUT2D eigenvalue weighted by Gasteiger charge is -2.10. The van der Waals surface area contributed by atoms with Crippen LogP contribution in [0.2, 0.25) is 0 Å². The van der Waals surface area contributed by atoms with Crippen molar-refractivity contribution in [2.75, 3.05) is 13.6 Å². The molecule has 0 aliphatic rings. The number of aryl methyl sites for hydroxylation is 1. The summed E-state index contributed by atoms with van der Waals surface area (Å²) in [6.07, 6.45) is 4.61. The maximum absolute atomic E-state index is 4.34. The Morgan fingerprint density at radius 1 is 1.30 bits per heavy atom. The summed E-state index contributed by atoms with van der Waals surface area (Å²) >= 11 is 1.74. The van der Waals surface area contributed by atoms with Gasteiger partial charge < -0.3 is 10.6 Å². The van der Waals surface area contributed by atoms with E-state index in [4.69, 9.17) is 0 Å². The molecule has 0 amide bonds. The second-order valence-corrected chi connectivity index (χ2v) is 5.61. The molecular formula is C14H19N5S. The molecule has 2 heterocycles. The average Bonchev–Trinajstić information content (AvgIpc) is 2.89.